The highest BCUT2D eigenvalue weighted by molar-refractivity contribution is 6.31. The van der Waals surface area contributed by atoms with Crippen LogP contribution in [0.1, 0.15) is 23.2 Å². The predicted molar refractivity (Wildman–Crippen MR) is 64.7 cm³/mol. The first-order chi connectivity index (χ1) is 8.74. The van der Waals surface area contributed by atoms with Crippen LogP contribution in [-0.2, 0) is 0 Å². The molecule has 7 heteroatoms. The molecule has 1 aliphatic carbocycles. The average Bonchev–Trinajstić information content (AvgIpc) is 3.00. The Labute approximate surface area is 108 Å². The molecule has 1 N–H and O–H groups in total. The zero-order chi connectivity index (χ0) is 12.5. The fourth-order valence-electron chi connectivity index (χ4n) is 1.65. The molecule has 92 valence electrons. The van der Waals surface area contributed by atoms with Crippen molar-refractivity contribution in [2.75, 3.05) is 0 Å². The van der Waals surface area contributed by atoms with Crippen LogP contribution in [-0.4, -0.2) is 32.2 Å². The van der Waals surface area contributed by atoms with Gasteiger partial charge in [0.2, 0.25) is 0 Å². The lowest BCUT2D eigenvalue weighted by molar-refractivity contribution is 0.0951. The van der Waals surface area contributed by atoms with Crippen molar-refractivity contribution in [1.82, 2.24) is 25.5 Å². The zero-order valence-corrected chi connectivity index (χ0v) is 10.1. The number of carbonyl (C=O) groups is 1. The van der Waals surface area contributed by atoms with E-state index in [9.17, 15) is 4.79 Å². The summed E-state index contributed by atoms with van der Waals surface area (Å²) in [5.41, 5.74) is 1.09. The summed E-state index contributed by atoms with van der Waals surface area (Å²) in [5, 5.41) is 14.4. The Balaban J connectivity index is 1.99. The fraction of sp³-hybridized carbons (Fsp3) is 0.273. The molecule has 18 heavy (non-hydrogen) atoms. The van der Waals surface area contributed by atoms with Gasteiger partial charge in [-0.1, -0.05) is 11.6 Å². The van der Waals surface area contributed by atoms with Crippen LogP contribution in [0.3, 0.4) is 0 Å². The van der Waals surface area contributed by atoms with Gasteiger partial charge in [0.1, 0.15) is 6.33 Å². The van der Waals surface area contributed by atoms with Crippen LogP contribution in [0.2, 0.25) is 5.02 Å². The summed E-state index contributed by atoms with van der Waals surface area (Å²) >= 11 is 5.94. The van der Waals surface area contributed by atoms with Gasteiger partial charge in [0.25, 0.3) is 5.91 Å². The minimum Gasteiger partial charge on any atom is -0.349 e. The van der Waals surface area contributed by atoms with Gasteiger partial charge in [-0.15, -0.1) is 5.10 Å². The molecule has 0 unspecified atom stereocenters. The number of hydrogen-bond acceptors (Lipinski definition) is 4. The molecule has 1 aromatic carbocycles. The van der Waals surface area contributed by atoms with Gasteiger partial charge in [0.15, 0.2) is 0 Å². The number of benzene rings is 1. The molecular formula is C11H10ClN5O. The number of aromatic nitrogens is 4. The first-order valence-corrected chi connectivity index (χ1v) is 5.95. The van der Waals surface area contributed by atoms with Gasteiger partial charge < -0.3 is 5.32 Å². The maximum Gasteiger partial charge on any atom is 0.253 e. The van der Waals surface area contributed by atoms with Crippen molar-refractivity contribution < 1.29 is 4.79 Å². The monoisotopic (exact) mass is 263 g/mol. The van der Waals surface area contributed by atoms with Gasteiger partial charge in [-0.25, -0.2) is 0 Å². The SMILES string of the molecule is O=C(NC1CC1)c1ccc(Cl)cc1-n1cnnn1. The van der Waals surface area contributed by atoms with Crippen molar-refractivity contribution >= 4 is 17.5 Å². The molecule has 2 aromatic rings. The zero-order valence-electron chi connectivity index (χ0n) is 9.38. The molecule has 1 heterocycles. The second kappa shape index (κ2) is 4.38. The Morgan fingerprint density at radius 1 is 1.44 bits per heavy atom. The molecule has 1 saturated carbocycles. The first-order valence-electron chi connectivity index (χ1n) is 5.58. The summed E-state index contributed by atoms with van der Waals surface area (Å²) in [7, 11) is 0. The molecule has 1 fully saturated rings. The summed E-state index contributed by atoms with van der Waals surface area (Å²) in [6, 6.07) is 5.32. The summed E-state index contributed by atoms with van der Waals surface area (Å²) in [6.07, 6.45) is 3.51. The van der Waals surface area contributed by atoms with Gasteiger partial charge in [-0.05, 0) is 41.5 Å². The van der Waals surface area contributed by atoms with Crippen LogP contribution in [0.15, 0.2) is 24.5 Å². The van der Waals surface area contributed by atoms with Crippen LogP contribution < -0.4 is 5.32 Å². The second-order valence-corrected chi connectivity index (χ2v) is 4.60. The van der Waals surface area contributed by atoms with E-state index in [1.54, 1.807) is 18.2 Å². The van der Waals surface area contributed by atoms with Crippen LogP contribution >= 0.6 is 11.6 Å². The van der Waals surface area contributed by atoms with Crippen molar-refractivity contribution in [3.8, 4) is 5.69 Å². The molecule has 3 rings (SSSR count). The third kappa shape index (κ3) is 2.19. The highest BCUT2D eigenvalue weighted by Crippen LogP contribution is 2.22. The lowest BCUT2D eigenvalue weighted by Crippen LogP contribution is -2.26. The van der Waals surface area contributed by atoms with Gasteiger partial charge in [0, 0.05) is 11.1 Å². The number of halogens is 1. The van der Waals surface area contributed by atoms with Gasteiger partial charge in [-0.2, -0.15) is 4.68 Å². The minimum atomic E-state index is -0.125. The fourth-order valence-corrected chi connectivity index (χ4v) is 1.82. The Morgan fingerprint density at radius 2 is 2.28 bits per heavy atom. The molecule has 0 saturated heterocycles. The number of nitrogens with zero attached hydrogens (tertiary/aromatic N) is 4. The molecular weight excluding hydrogens is 254 g/mol. The van der Waals surface area contributed by atoms with E-state index in [2.05, 4.69) is 20.8 Å². The molecule has 0 radical (unpaired) electrons. The quantitative estimate of drug-likeness (QED) is 0.903. The summed E-state index contributed by atoms with van der Waals surface area (Å²) < 4.78 is 1.42. The Hall–Kier alpha value is -1.95. The maximum absolute atomic E-state index is 12.1. The highest BCUT2D eigenvalue weighted by Gasteiger charge is 2.25. The third-order valence-electron chi connectivity index (χ3n) is 2.71. The van der Waals surface area contributed by atoms with Crippen LogP contribution in [0.5, 0.6) is 0 Å². The van der Waals surface area contributed by atoms with E-state index < -0.39 is 0 Å². The smallest absolute Gasteiger partial charge is 0.253 e. The normalized spacial score (nSPS) is 14.5. The van der Waals surface area contributed by atoms with Crippen molar-refractivity contribution in [3.05, 3.63) is 35.1 Å². The largest absolute Gasteiger partial charge is 0.349 e. The molecule has 0 atom stereocenters. The van der Waals surface area contributed by atoms with Crippen LogP contribution in [0.4, 0.5) is 0 Å². The minimum absolute atomic E-state index is 0.125. The number of tetrazole rings is 1. The van der Waals surface area contributed by atoms with Gasteiger partial charge in [-0.3, -0.25) is 4.79 Å². The topological polar surface area (TPSA) is 72.7 Å². The molecule has 1 aromatic heterocycles. The van der Waals surface area contributed by atoms with Gasteiger partial charge >= 0.3 is 0 Å². The van der Waals surface area contributed by atoms with E-state index in [1.165, 1.54) is 11.0 Å². The Kier molecular flexibility index (Phi) is 2.71. The van der Waals surface area contributed by atoms with E-state index in [4.69, 9.17) is 11.6 Å². The Bertz CT molecular complexity index is 579. The van der Waals surface area contributed by atoms with E-state index in [0.29, 0.717) is 22.3 Å². The van der Waals surface area contributed by atoms with Crippen molar-refractivity contribution in [2.24, 2.45) is 0 Å². The van der Waals surface area contributed by atoms with E-state index in [-0.39, 0.29) is 5.91 Å². The summed E-state index contributed by atoms with van der Waals surface area (Å²) in [6.45, 7) is 0. The predicted octanol–water partition coefficient (Wildman–Crippen LogP) is 1.21. The summed E-state index contributed by atoms with van der Waals surface area (Å²) in [4.78, 5) is 12.1. The van der Waals surface area contributed by atoms with Crippen LogP contribution in [0, 0.1) is 0 Å². The number of amides is 1. The molecule has 6 nitrogen and oxygen atoms in total. The lowest BCUT2D eigenvalue weighted by atomic mass is 10.1. The average molecular weight is 264 g/mol. The number of hydrogen-bond donors (Lipinski definition) is 1. The number of nitrogens with one attached hydrogen (secondary N) is 1. The van der Waals surface area contributed by atoms with Crippen molar-refractivity contribution in [3.63, 3.8) is 0 Å². The third-order valence-corrected chi connectivity index (χ3v) is 2.95. The molecule has 0 spiro atoms. The first kappa shape index (κ1) is 11.2. The standard InChI is InChI=1S/C11H10ClN5O/c12-7-1-4-9(11(18)14-8-2-3-8)10(5-7)17-6-13-15-16-17/h1,4-6,8H,2-3H2,(H,14,18). The summed E-state index contributed by atoms with van der Waals surface area (Å²) in [5.74, 6) is -0.125. The molecule has 0 aliphatic heterocycles. The molecule has 0 bridgehead atoms. The maximum atomic E-state index is 12.1. The lowest BCUT2D eigenvalue weighted by Gasteiger charge is -2.09. The highest BCUT2D eigenvalue weighted by atomic mass is 35.5. The molecule has 1 amide bonds. The number of rotatable bonds is 3. The van der Waals surface area contributed by atoms with Crippen molar-refractivity contribution in [2.45, 2.75) is 18.9 Å². The van der Waals surface area contributed by atoms with E-state index in [1.807, 2.05) is 0 Å². The van der Waals surface area contributed by atoms with Crippen molar-refractivity contribution in [1.29, 1.82) is 0 Å². The molecule has 1 aliphatic rings. The van der Waals surface area contributed by atoms with E-state index in [0.717, 1.165) is 12.8 Å². The van der Waals surface area contributed by atoms with Gasteiger partial charge in [0.05, 0.1) is 11.3 Å². The Morgan fingerprint density at radius 3 is 2.94 bits per heavy atom. The van der Waals surface area contributed by atoms with Crippen LogP contribution in [0.25, 0.3) is 5.69 Å². The van der Waals surface area contributed by atoms with E-state index >= 15 is 0 Å². The second-order valence-electron chi connectivity index (χ2n) is 4.16. The number of carbonyl (C=O) groups excluding carboxylic acids is 1.